The van der Waals surface area contributed by atoms with Crippen LogP contribution in [0.15, 0.2) is 52.0 Å². The van der Waals surface area contributed by atoms with Gasteiger partial charge in [-0.3, -0.25) is 14.9 Å². The zero-order chi connectivity index (χ0) is 19.1. The minimum atomic E-state index is -0.491. The topological polar surface area (TPSA) is 103 Å². The van der Waals surface area contributed by atoms with Gasteiger partial charge in [-0.1, -0.05) is 28.1 Å². The highest BCUT2D eigenvalue weighted by Crippen LogP contribution is 2.30. The highest BCUT2D eigenvalue weighted by molar-refractivity contribution is 9.10. The van der Waals surface area contributed by atoms with Gasteiger partial charge >= 0.3 is 0 Å². The first-order valence-corrected chi connectivity index (χ1v) is 8.24. The monoisotopic (exact) mass is 421 g/mol. The lowest BCUT2D eigenvalue weighted by Crippen LogP contribution is -2.25. The van der Waals surface area contributed by atoms with Crippen LogP contribution in [-0.2, 0) is 4.79 Å². The Morgan fingerprint density at radius 3 is 2.73 bits per heavy atom. The molecule has 1 amide bonds. The van der Waals surface area contributed by atoms with Gasteiger partial charge in [0.25, 0.3) is 11.6 Å². The highest BCUT2D eigenvalue weighted by atomic mass is 79.9. The third-order valence-corrected chi connectivity index (χ3v) is 3.80. The molecule has 0 saturated carbocycles. The third-order valence-electron chi connectivity index (χ3n) is 3.31. The second kappa shape index (κ2) is 8.95. The summed E-state index contributed by atoms with van der Waals surface area (Å²) in [5, 5.41) is 14.7. The van der Waals surface area contributed by atoms with E-state index in [0.29, 0.717) is 22.8 Å². The number of carbonyl (C=O) groups is 1. The fourth-order valence-corrected chi connectivity index (χ4v) is 2.33. The van der Waals surface area contributed by atoms with Crippen molar-refractivity contribution in [2.75, 3.05) is 13.7 Å². The van der Waals surface area contributed by atoms with Crippen LogP contribution in [0, 0.1) is 10.1 Å². The normalized spacial score (nSPS) is 11.0. The summed E-state index contributed by atoms with van der Waals surface area (Å²) in [6.45, 7) is 1.38. The number of hydrogen-bond acceptors (Lipinski definition) is 6. The number of non-ortho nitro benzene ring substituents is 1. The number of nitrogens with zero attached hydrogens (tertiary/aromatic N) is 2. The maximum Gasteiger partial charge on any atom is 0.277 e. The fraction of sp³-hybridized carbons (Fsp3) is 0.176. The molecule has 26 heavy (non-hydrogen) atoms. The largest absolute Gasteiger partial charge is 0.493 e. The molecule has 2 aromatic rings. The molecule has 9 heteroatoms. The number of benzene rings is 2. The zero-order valence-corrected chi connectivity index (χ0v) is 15.6. The van der Waals surface area contributed by atoms with Crippen molar-refractivity contribution in [2.24, 2.45) is 5.10 Å². The number of halogens is 1. The Bertz CT molecular complexity index is 854. The number of methoxy groups -OCH3 is 1. The molecule has 0 unspecified atom stereocenters. The van der Waals surface area contributed by atoms with E-state index in [2.05, 4.69) is 26.5 Å². The maximum atomic E-state index is 11.9. The first-order valence-electron chi connectivity index (χ1n) is 7.45. The van der Waals surface area contributed by atoms with Crippen molar-refractivity contribution in [3.8, 4) is 11.5 Å². The number of amides is 1. The Morgan fingerprint density at radius 1 is 1.27 bits per heavy atom. The number of rotatable bonds is 7. The average Bonchev–Trinajstić information content (AvgIpc) is 2.64. The lowest BCUT2D eigenvalue weighted by Gasteiger charge is -2.10. The molecule has 8 nitrogen and oxygen atoms in total. The number of nitro groups is 1. The van der Waals surface area contributed by atoms with Crippen LogP contribution < -0.4 is 14.9 Å². The first kappa shape index (κ1) is 19.4. The van der Waals surface area contributed by atoms with Crippen LogP contribution in [0.2, 0.25) is 0 Å². The molecule has 136 valence electrons. The number of nitro benzene ring substituents is 1. The van der Waals surface area contributed by atoms with Crippen molar-refractivity contribution in [2.45, 2.75) is 6.92 Å². The standard InChI is InChI=1S/C17H16BrN3O5/c1-11(12-4-3-5-14(8-12)21(23)24)19-20-17(22)10-26-15-7-6-13(18)9-16(15)25-2/h3-9H,10H2,1-2H3,(H,20,22). The predicted molar refractivity (Wildman–Crippen MR) is 99.6 cm³/mol. The molecule has 0 heterocycles. The molecular weight excluding hydrogens is 406 g/mol. The number of hydrogen-bond donors (Lipinski definition) is 1. The summed E-state index contributed by atoms with van der Waals surface area (Å²) in [5.41, 5.74) is 3.28. The quantitative estimate of drug-likeness (QED) is 0.419. The van der Waals surface area contributed by atoms with E-state index < -0.39 is 10.8 Å². The van der Waals surface area contributed by atoms with Crippen molar-refractivity contribution in [1.29, 1.82) is 0 Å². The number of carbonyl (C=O) groups excluding carboxylic acids is 1. The average molecular weight is 422 g/mol. The molecule has 0 aliphatic rings. The van der Waals surface area contributed by atoms with Gasteiger partial charge in [-0.25, -0.2) is 5.43 Å². The SMILES string of the molecule is COc1cc(Br)ccc1OCC(=O)NN=C(C)c1cccc([N+](=O)[O-])c1. The molecule has 0 bridgehead atoms. The van der Waals surface area contributed by atoms with Crippen LogP contribution in [0.1, 0.15) is 12.5 Å². The van der Waals surface area contributed by atoms with E-state index in [9.17, 15) is 14.9 Å². The molecule has 0 atom stereocenters. The second-order valence-corrected chi connectivity index (χ2v) is 6.04. The summed E-state index contributed by atoms with van der Waals surface area (Å²) in [4.78, 5) is 22.2. The first-order chi connectivity index (χ1) is 12.4. The summed E-state index contributed by atoms with van der Waals surface area (Å²) in [6, 6.07) is 11.1. The van der Waals surface area contributed by atoms with E-state index in [0.717, 1.165) is 4.47 Å². The maximum absolute atomic E-state index is 11.9. The number of hydrazone groups is 1. The smallest absolute Gasteiger partial charge is 0.277 e. The molecule has 0 radical (unpaired) electrons. The van der Waals surface area contributed by atoms with Gasteiger partial charge in [0.1, 0.15) is 0 Å². The summed E-state index contributed by atoms with van der Waals surface area (Å²) in [7, 11) is 1.50. The molecule has 0 aliphatic carbocycles. The van der Waals surface area contributed by atoms with Crippen LogP contribution in [0.25, 0.3) is 0 Å². The van der Waals surface area contributed by atoms with Crippen LogP contribution in [0.4, 0.5) is 5.69 Å². The van der Waals surface area contributed by atoms with Gasteiger partial charge in [-0.2, -0.15) is 5.10 Å². The van der Waals surface area contributed by atoms with Crippen molar-refractivity contribution in [3.63, 3.8) is 0 Å². The predicted octanol–water partition coefficient (Wildman–Crippen LogP) is 3.29. The van der Waals surface area contributed by atoms with Crippen LogP contribution in [0.3, 0.4) is 0 Å². The molecule has 0 spiro atoms. The van der Waals surface area contributed by atoms with E-state index >= 15 is 0 Å². The summed E-state index contributed by atoms with van der Waals surface area (Å²) in [6.07, 6.45) is 0. The van der Waals surface area contributed by atoms with Gasteiger partial charge in [0.05, 0.1) is 17.7 Å². The minimum Gasteiger partial charge on any atom is -0.493 e. The lowest BCUT2D eigenvalue weighted by molar-refractivity contribution is -0.384. The Hall–Kier alpha value is -2.94. The van der Waals surface area contributed by atoms with Gasteiger partial charge in [0, 0.05) is 22.2 Å². The van der Waals surface area contributed by atoms with Crippen molar-refractivity contribution >= 4 is 33.2 Å². The molecule has 0 fully saturated rings. The van der Waals surface area contributed by atoms with Crippen molar-refractivity contribution in [3.05, 3.63) is 62.6 Å². The summed E-state index contributed by atoms with van der Waals surface area (Å²) in [5.74, 6) is 0.438. The molecule has 0 aliphatic heterocycles. The molecule has 0 aromatic heterocycles. The Kier molecular flexibility index (Phi) is 6.67. The van der Waals surface area contributed by atoms with Gasteiger partial charge in [0.2, 0.25) is 0 Å². The van der Waals surface area contributed by atoms with Gasteiger partial charge in [-0.15, -0.1) is 0 Å². The van der Waals surface area contributed by atoms with Crippen LogP contribution >= 0.6 is 15.9 Å². The van der Waals surface area contributed by atoms with Gasteiger partial charge < -0.3 is 9.47 Å². The molecule has 2 rings (SSSR count). The Morgan fingerprint density at radius 2 is 2.04 bits per heavy atom. The molecular formula is C17H16BrN3O5. The van der Waals surface area contributed by atoms with E-state index in [4.69, 9.17) is 9.47 Å². The van der Waals surface area contributed by atoms with E-state index in [1.807, 2.05) is 0 Å². The molecule has 1 N–H and O–H groups in total. The minimum absolute atomic E-state index is 0.0472. The summed E-state index contributed by atoms with van der Waals surface area (Å²) >= 11 is 3.32. The number of nitrogens with one attached hydrogen (secondary N) is 1. The Balaban J connectivity index is 1.96. The van der Waals surface area contributed by atoms with Crippen molar-refractivity contribution < 1.29 is 19.2 Å². The van der Waals surface area contributed by atoms with E-state index in [1.165, 1.54) is 19.2 Å². The lowest BCUT2D eigenvalue weighted by atomic mass is 10.1. The van der Waals surface area contributed by atoms with E-state index in [1.54, 1.807) is 37.3 Å². The number of ether oxygens (including phenoxy) is 2. The fourth-order valence-electron chi connectivity index (χ4n) is 1.99. The third kappa shape index (κ3) is 5.28. The van der Waals surface area contributed by atoms with Crippen molar-refractivity contribution in [1.82, 2.24) is 5.43 Å². The second-order valence-electron chi connectivity index (χ2n) is 5.12. The van der Waals surface area contributed by atoms with Crippen LogP contribution in [-0.4, -0.2) is 30.3 Å². The summed E-state index contributed by atoms with van der Waals surface area (Å²) < 4.78 is 11.4. The zero-order valence-electron chi connectivity index (χ0n) is 14.1. The van der Waals surface area contributed by atoms with Crippen LogP contribution in [0.5, 0.6) is 11.5 Å². The van der Waals surface area contributed by atoms with Gasteiger partial charge in [0.15, 0.2) is 18.1 Å². The molecule has 0 saturated heterocycles. The Labute approximate surface area is 158 Å². The highest BCUT2D eigenvalue weighted by Gasteiger charge is 2.10. The molecule has 2 aromatic carbocycles. The van der Waals surface area contributed by atoms with E-state index in [-0.39, 0.29) is 12.3 Å². The van der Waals surface area contributed by atoms with Gasteiger partial charge in [-0.05, 0) is 25.1 Å².